The van der Waals surface area contributed by atoms with Gasteiger partial charge in [-0.05, 0) is 55.7 Å². The molecule has 1 aromatic carbocycles. The van der Waals surface area contributed by atoms with Gasteiger partial charge in [0, 0.05) is 16.9 Å². The molecule has 1 aliphatic heterocycles. The monoisotopic (exact) mass is 247 g/mol. The highest BCUT2D eigenvalue weighted by Crippen LogP contribution is 2.44. The summed E-state index contributed by atoms with van der Waals surface area (Å²) >= 11 is 2.03. The smallest absolute Gasteiger partial charge is 0.0104 e. The van der Waals surface area contributed by atoms with E-state index in [-0.39, 0.29) is 0 Å². The third-order valence-corrected chi connectivity index (χ3v) is 5.55. The molecule has 0 aromatic heterocycles. The van der Waals surface area contributed by atoms with Crippen LogP contribution < -0.4 is 5.32 Å². The molecule has 0 unspecified atom stereocenters. The molecule has 2 heteroatoms. The van der Waals surface area contributed by atoms with E-state index in [1.54, 1.807) is 11.1 Å². The molecule has 1 aliphatic carbocycles. The van der Waals surface area contributed by atoms with Crippen molar-refractivity contribution >= 4 is 11.8 Å². The van der Waals surface area contributed by atoms with Gasteiger partial charge in [0.15, 0.2) is 0 Å². The van der Waals surface area contributed by atoms with Crippen LogP contribution >= 0.6 is 11.8 Å². The average molecular weight is 247 g/mol. The fourth-order valence-electron chi connectivity index (χ4n) is 3.20. The van der Waals surface area contributed by atoms with Crippen LogP contribution in [0.5, 0.6) is 0 Å². The summed E-state index contributed by atoms with van der Waals surface area (Å²) in [6.45, 7) is 1.14. The molecule has 1 fully saturated rings. The second-order valence-corrected chi connectivity index (χ2v) is 6.58. The minimum absolute atomic E-state index is 0.450. The molecular formula is C15H21NS. The number of aryl methyl sites for hydroxylation is 1. The first-order valence-corrected chi connectivity index (χ1v) is 7.73. The van der Waals surface area contributed by atoms with Gasteiger partial charge in [0.05, 0.1) is 0 Å². The molecular weight excluding hydrogens is 226 g/mol. The Balaban J connectivity index is 1.92. The van der Waals surface area contributed by atoms with Gasteiger partial charge >= 0.3 is 0 Å². The van der Waals surface area contributed by atoms with E-state index in [0.29, 0.717) is 5.41 Å². The molecule has 1 saturated carbocycles. The summed E-state index contributed by atoms with van der Waals surface area (Å²) in [6.07, 6.45) is 6.75. The Labute approximate surface area is 108 Å². The zero-order valence-corrected chi connectivity index (χ0v) is 11.4. The summed E-state index contributed by atoms with van der Waals surface area (Å²) in [6, 6.07) is 7.25. The third kappa shape index (κ3) is 2.02. The van der Waals surface area contributed by atoms with Gasteiger partial charge in [-0.1, -0.05) is 18.6 Å². The van der Waals surface area contributed by atoms with Crippen LogP contribution in [0.25, 0.3) is 0 Å². The van der Waals surface area contributed by atoms with E-state index >= 15 is 0 Å². The van der Waals surface area contributed by atoms with Gasteiger partial charge in [-0.3, -0.25) is 0 Å². The van der Waals surface area contributed by atoms with Gasteiger partial charge in [-0.15, -0.1) is 11.8 Å². The van der Waals surface area contributed by atoms with Gasteiger partial charge in [-0.2, -0.15) is 0 Å². The van der Waals surface area contributed by atoms with Gasteiger partial charge in [0.1, 0.15) is 0 Å². The summed E-state index contributed by atoms with van der Waals surface area (Å²) in [4.78, 5) is 1.53. The molecule has 3 rings (SSSR count). The molecule has 1 nitrogen and oxygen atoms in total. The Kier molecular flexibility index (Phi) is 3.18. The van der Waals surface area contributed by atoms with Crippen molar-refractivity contribution in [2.24, 2.45) is 0 Å². The quantitative estimate of drug-likeness (QED) is 0.879. The number of nitrogens with one attached hydrogen (secondary N) is 1. The summed E-state index contributed by atoms with van der Waals surface area (Å²) in [7, 11) is 2.08. The van der Waals surface area contributed by atoms with Crippen molar-refractivity contribution in [2.45, 2.75) is 42.4 Å². The molecule has 17 heavy (non-hydrogen) atoms. The number of hydrogen-bond acceptors (Lipinski definition) is 2. The maximum absolute atomic E-state index is 3.38. The summed E-state index contributed by atoms with van der Waals surface area (Å²) in [5.41, 5.74) is 3.63. The highest BCUT2D eigenvalue weighted by molar-refractivity contribution is 7.99. The van der Waals surface area contributed by atoms with Crippen molar-refractivity contribution in [3.63, 3.8) is 0 Å². The van der Waals surface area contributed by atoms with E-state index in [4.69, 9.17) is 0 Å². The predicted octanol–water partition coefficient (Wildman–Crippen LogP) is 3.37. The molecule has 2 aliphatic rings. The van der Waals surface area contributed by atoms with Gasteiger partial charge < -0.3 is 5.32 Å². The normalized spacial score (nSPS) is 21.7. The van der Waals surface area contributed by atoms with Crippen molar-refractivity contribution in [2.75, 3.05) is 19.3 Å². The molecule has 0 bridgehead atoms. The summed E-state index contributed by atoms with van der Waals surface area (Å²) in [5.74, 6) is 1.30. The maximum atomic E-state index is 3.38. The van der Waals surface area contributed by atoms with Crippen LogP contribution in [0.2, 0.25) is 0 Å². The molecule has 0 spiro atoms. The average Bonchev–Trinajstić information content (AvgIpc) is 2.33. The number of hydrogen-bond donors (Lipinski definition) is 1. The molecule has 1 heterocycles. The van der Waals surface area contributed by atoms with E-state index in [9.17, 15) is 0 Å². The highest BCUT2D eigenvalue weighted by atomic mass is 32.2. The molecule has 92 valence electrons. The first-order chi connectivity index (χ1) is 8.34. The lowest BCUT2D eigenvalue weighted by Crippen LogP contribution is -2.42. The maximum Gasteiger partial charge on any atom is 0.0104 e. The van der Waals surface area contributed by atoms with Crippen LogP contribution in [-0.4, -0.2) is 19.3 Å². The number of rotatable bonds is 3. The fraction of sp³-hybridized carbons (Fsp3) is 0.600. The van der Waals surface area contributed by atoms with Crippen LogP contribution in [0.15, 0.2) is 23.1 Å². The van der Waals surface area contributed by atoms with Crippen molar-refractivity contribution < 1.29 is 0 Å². The van der Waals surface area contributed by atoms with Gasteiger partial charge in [-0.25, -0.2) is 0 Å². The molecule has 0 saturated heterocycles. The Morgan fingerprint density at radius 2 is 2.18 bits per heavy atom. The Morgan fingerprint density at radius 3 is 2.88 bits per heavy atom. The topological polar surface area (TPSA) is 12.0 Å². The van der Waals surface area contributed by atoms with Crippen molar-refractivity contribution in [1.82, 2.24) is 5.32 Å². The standard InChI is InChI=1S/C15H21NS/c1-16-11-15(7-3-8-15)13-5-6-14-12(10-13)4-2-9-17-14/h5-6,10,16H,2-4,7-9,11H2,1H3. The summed E-state index contributed by atoms with van der Waals surface area (Å²) in [5, 5.41) is 3.38. The lowest BCUT2D eigenvalue weighted by Gasteiger charge is -2.43. The lowest BCUT2D eigenvalue weighted by atomic mass is 9.64. The first kappa shape index (κ1) is 11.6. The van der Waals surface area contributed by atoms with Crippen LogP contribution in [0, 0.1) is 0 Å². The van der Waals surface area contributed by atoms with Crippen LogP contribution in [0.4, 0.5) is 0 Å². The second kappa shape index (κ2) is 4.66. The highest BCUT2D eigenvalue weighted by Gasteiger charge is 2.38. The molecule has 0 amide bonds. The van der Waals surface area contributed by atoms with E-state index < -0.39 is 0 Å². The third-order valence-electron chi connectivity index (χ3n) is 4.35. The predicted molar refractivity (Wildman–Crippen MR) is 74.9 cm³/mol. The first-order valence-electron chi connectivity index (χ1n) is 6.75. The molecule has 0 radical (unpaired) electrons. The number of likely N-dealkylation sites (N-methyl/N-ethyl adjacent to an activating group) is 1. The fourth-order valence-corrected chi connectivity index (χ4v) is 4.22. The van der Waals surface area contributed by atoms with Crippen molar-refractivity contribution in [1.29, 1.82) is 0 Å². The molecule has 1 N–H and O–H groups in total. The number of fused-ring (bicyclic) bond motifs is 1. The van der Waals surface area contributed by atoms with E-state index in [1.807, 2.05) is 11.8 Å². The van der Waals surface area contributed by atoms with Crippen LogP contribution in [0.3, 0.4) is 0 Å². The second-order valence-electron chi connectivity index (χ2n) is 5.44. The minimum atomic E-state index is 0.450. The van der Waals surface area contributed by atoms with Gasteiger partial charge in [0.2, 0.25) is 0 Å². The van der Waals surface area contributed by atoms with E-state index in [0.717, 1.165) is 6.54 Å². The van der Waals surface area contributed by atoms with E-state index in [1.165, 1.54) is 42.8 Å². The van der Waals surface area contributed by atoms with E-state index in [2.05, 4.69) is 30.6 Å². The molecule has 1 aromatic rings. The van der Waals surface area contributed by atoms with Gasteiger partial charge in [0.25, 0.3) is 0 Å². The zero-order chi connectivity index (χ0) is 11.7. The Morgan fingerprint density at radius 1 is 1.29 bits per heavy atom. The lowest BCUT2D eigenvalue weighted by molar-refractivity contribution is 0.238. The van der Waals surface area contributed by atoms with Crippen molar-refractivity contribution in [3.05, 3.63) is 29.3 Å². The van der Waals surface area contributed by atoms with Crippen LogP contribution in [-0.2, 0) is 11.8 Å². The van der Waals surface area contributed by atoms with Crippen LogP contribution in [0.1, 0.15) is 36.8 Å². The number of thioether (sulfide) groups is 1. The SMILES string of the molecule is CNCC1(c2ccc3c(c2)CCCS3)CCC1. The zero-order valence-electron chi connectivity index (χ0n) is 10.6. The summed E-state index contributed by atoms with van der Waals surface area (Å²) < 4.78 is 0. The Hall–Kier alpha value is -0.470. The Bertz CT molecular complexity index is 409. The number of benzene rings is 1. The molecule has 0 atom stereocenters. The minimum Gasteiger partial charge on any atom is -0.319 e. The largest absolute Gasteiger partial charge is 0.319 e. The van der Waals surface area contributed by atoms with Crippen molar-refractivity contribution in [3.8, 4) is 0 Å².